The number of carboxylic acids is 1. The van der Waals surface area contributed by atoms with Gasteiger partial charge < -0.3 is 10.4 Å². The zero-order chi connectivity index (χ0) is 9.84. The lowest BCUT2D eigenvalue weighted by Gasteiger charge is -1.98. The molecule has 0 saturated carbocycles. The summed E-state index contributed by atoms with van der Waals surface area (Å²) < 4.78 is 0. The highest BCUT2D eigenvalue weighted by atomic mass is 35.5. The van der Waals surface area contributed by atoms with Crippen molar-refractivity contribution in [3.05, 3.63) is 16.4 Å². The number of aromatic carboxylic acids is 1. The van der Waals surface area contributed by atoms with Crippen LogP contribution in [0.25, 0.3) is 0 Å². The fourth-order valence-electron chi connectivity index (χ4n) is 0.999. The van der Waals surface area contributed by atoms with Crippen LogP contribution < -0.4 is 5.32 Å². The number of nitrogens with one attached hydrogen (secondary N) is 2. The average Bonchev–Trinajstić information content (AvgIpc) is 2.43. The first-order valence-electron chi connectivity index (χ1n) is 3.77. The van der Waals surface area contributed by atoms with Gasteiger partial charge in [-0.15, -0.1) is 0 Å². The van der Waals surface area contributed by atoms with Crippen LogP contribution in [0.15, 0.2) is 0 Å². The third-order valence-corrected chi connectivity index (χ3v) is 1.96. The third-order valence-electron chi connectivity index (χ3n) is 1.64. The number of carbonyl (C=O) groups is 1. The second-order valence-electron chi connectivity index (χ2n) is 2.52. The maximum absolute atomic E-state index is 10.6. The van der Waals surface area contributed by atoms with E-state index in [1.165, 1.54) is 0 Å². The smallest absolute Gasteiger partial charge is 0.356 e. The Morgan fingerprint density at radius 1 is 1.77 bits per heavy atom. The number of rotatable bonds is 4. The summed E-state index contributed by atoms with van der Waals surface area (Å²) in [5.41, 5.74) is 0.545. The number of H-pyrrole nitrogens is 1. The number of hydrogen-bond acceptors (Lipinski definition) is 3. The number of nitrogens with zero attached hydrogens (tertiary/aromatic N) is 1. The van der Waals surface area contributed by atoms with E-state index in [2.05, 4.69) is 15.5 Å². The summed E-state index contributed by atoms with van der Waals surface area (Å²) >= 11 is 5.72. The van der Waals surface area contributed by atoms with Gasteiger partial charge in [0.05, 0.1) is 0 Å². The topological polar surface area (TPSA) is 78.0 Å². The zero-order valence-electron chi connectivity index (χ0n) is 7.09. The van der Waals surface area contributed by atoms with Crippen LogP contribution in [0, 0.1) is 0 Å². The molecule has 0 aliphatic heterocycles. The largest absolute Gasteiger partial charge is 0.476 e. The molecule has 0 unspecified atom stereocenters. The summed E-state index contributed by atoms with van der Waals surface area (Å²) in [6.07, 6.45) is 0.549. The molecule has 0 amide bonds. The Labute approximate surface area is 80.1 Å². The number of likely N-dealkylation sites (N-methyl/N-ethyl adjacent to an activating group) is 1. The van der Waals surface area contributed by atoms with Crippen molar-refractivity contribution in [2.24, 2.45) is 0 Å². The molecule has 0 fully saturated rings. The molecule has 0 aromatic carbocycles. The normalized spacial score (nSPS) is 10.3. The van der Waals surface area contributed by atoms with Crippen LogP contribution in [0.2, 0.25) is 5.15 Å². The average molecular weight is 204 g/mol. The van der Waals surface area contributed by atoms with Crippen LogP contribution in [0.5, 0.6) is 0 Å². The molecule has 0 atom stereocenters. The first kappa shape index (κ1) is 10.0. The quantitative estimate of drug-likeness (QED) is 0.667. The Hall–Kier alpha value is -1.07. The molecule has 6 heteroatoms. The summed E-state index contributed by atoms with van der Waals surface area (Å²) in [5.74, 6) is -1.06. The van der Waals surface area contributed by atoms with Crippen molar-refractivity contribution in [2.75, 3.05) is 13.6 Å². The Morgan fingerprint density at radius 2 is 2.46 bits per heavy atom. The van der Waals surface area contributed by atoms with E-state index in [-0.39, 0.29) is 5.69 Å². The minimum absolute atomic E-state index is 0.000231. The second kappa shape index (κ2) is 4.25. The molecule has 13 heavy (non-hydrogen) atoms. The summed E-state index contributed by atoms with van der Waals surface area (Å²) in [4.78, 5) is 10.6. The summed E-state index contributed by atoms with van der Waals surface area (Å²) in [7, 11) is 1.79. The van der Waals surface area contributed by atoms with Gasteiger partial charge in [-0.05, 0) is 20.0 Å². The van der Waals surface area contributed by atoms with Crippen molar-refractivity contribution >= 4 is 17.6 Å². The first-order valence-corrected chi connectivity index (χ1v) is 4.15. The van der Waals surface area contributed by atoms with Crippen LogP contribution in [0.1, 0.15) is 16.1 Å². The van der Waals surface area contributed by atoms with Gasteiger partial charge in [0.25, 0.3) is 0 Å². The van der Waals surface area contributed by atoms with Crippen molar-refractivity contribution < 1.29 is 9.90 Å². The Bertz CT molecular complexity index is 311. The lowest BCUT2D eigenvalue weighted by molar-refractivity contribution is 0.0689. The fraction of sp³-hybridized carbons (Fsp3) is 0.429. The molecule has 72 valence electrons. The van der Waals surface area contributed by atoms with Crippen LogP contribution in [0.4, 0.5) is 0 Å². The molecular formula is C7H10ClN3O2. The predicted molar refractivity (Wildman–Crippen MR) is 48.2 cm³/mol. The van der Waals surface area contributed by atoms with Crippen LogP contribution in [-0.2, 0) is 6.42 Å². The van der Waals surface area contributed by atoms with Crippen molar-refractivity contribution in [3.63, 3.8) is 0 Å². The predicted octanol–water partition coefficient (Wildman–Crippen LogP) is 0.523. The Kier molecular flexibility index (Phi) is 3.27. The van der Waals surface area contributed by atoms with Crippen LogP contribution in [-0.4, -0.2) is 34.9 Å². The van der Waals surface area contributed by atoms with Gasteiger partial charge in [-0.3, -0.25) is 5.10 Å². The van der Waals surface area contributed by atoms with E-state index >= 15 is 0 Å². The number of hydrogen-bond donors (Lipinski definition) is 3. The molecule has 0 spiro atoms. The van der Waals surface area contributed by atoms with Crippen molar-refractivity contribution in [2.45, 2.75) is 6.42 Å². The molecule has 1 heterocycles. The lowest BCUT2D eigenvalue weighted by Crippen LogP contribution is -2.12. The van der Waals surface area contributed by atoms with Gasteiger partial charge in [-0.25, -0.2) is 4.79 Å². The maximum Gasteiger partial charge on any atom is 0.356 e. The summed E-state index contributed by atoms with van der Waals surface area (Å²) in [6.45, 7) is 0.666. The molecule has 0 aliphatic rings. The minimum Gasteiger partial charge on any atom is -0.476 e. The number of aromatic amines is 1. The van der Waals surface area contributed by atoms with Gasteiger partial charge in [0.15, 0.2) is 5.69 Å². The minimum atomic E-state index is -1.06. The standard InChI is InChI=1S/C7H10ClN3O2/c1-9-3-2-4-5(7(12)13)10-11-6(4)8/h9H,2-3H2,1H3,(H,10,11)(H,12,13). The zero-order valence-corrected chi connectivity index (χ0v) is 7.85. The van der Waals surface area contributed by atoms with Gasteiger partial charge in [0, 0.05) is 5.56 Å². The maximum atomic E-state index is 10.6. The number of aromatic nitrogens is 2. The molecule has 0 aliphatic carbocycles. The lowest BCUT2D eigenvalue weighted by atomic mass is 10.2. The van der Waals surface area contributed by atoms with Gasteiger partial charge in [-0.1, -0.05) is 11.6 Å². The van der Waals surface area contributed by atoms with Crippen LogP contribution >= 0.6 is 11.6 Å². The van der Waals surface area contributed by atoms with Crippen LogP contribution in [0.3, 0.4) is 0 Å². The van der Waals surface area contributed by atoms with Gasteiger partial charge in [0.2, 0.25) is 0 Å². The van der Waals surface area contributed by atoms with Crippen molar-refractivity contribution in [1.82, 2.24) is 15.5 Å². The molecule has 1 rings (SSSR count). The fourth-order valence-corrected chi connectivity index (χ4v) is 1.23. The Morgan fingerprint density at radius 3 is 3.00 bits per heavy atom. The molecule has 0 bridgehead atoms. The molecule has 3 N–H and O–H groups in total. The van der Waals surface area contributed by atoms with E-state index in [0.29, 0.717) is 23.7 Å². The number of carboxylic acid groups (broad SMARTS) is 1. The highest BCUT2D eigenvalue weighted by molar-refractivity contribution is 6.30. The van der Waals surface area contributed by atoms with E-state index in [4.69, 9.17) is 16.7 Å². The van der Waals surface area contributed by atoms with E-state index in [1.807, 2.05) is 0 Å². The third kappa shape index (κ3) is 2.19. The monoisotopic (exact) mass is 203 g/mol. The highest BCUT2D eigenvalue weighted by Gasteiger charge is 2.16. The molecule has 5 nitrogen and oxygen atoms in total. The highest BCUT2D eigenvalue weighted by Crippen LogP contribution is 2.16. The van der Waals surface area contributed by atoms with E-state index < -0.39 is 5.97 Å². The molecule has 0 radical (unpaired) electrons. The van der Waals surface area contributed by atoms with Crippen molar-refractivity contribution in [3.8, 4) is 0 Å². The van der Waals surface area contributed by atoms with E-state index in [9.17, 15) is 4.79 Å². The Balaban J connectivity index is 2.88. The summed E-state index contributed by atoms with van der Waals surface area (Å²) in [6, 6.07) is 0. The molecule has 0 saturated heterocycles. The van der Waals surface area contributed by atoms with Gasteiger partial charge >= 0.3 is 5.97 Å². The first-order chi connectivity index (χ1) is 6.16. The molecule has 1 aromatic heterocycles. The summed E-state index contributed by atoms with van der Waals surface area (Å²) in [5, 5.41) is 17.9. The van der Waals surface area contributed by atoms with E-state index in [0.717, 1.165) is 0 Å². The van der Waals surface area contributed by atoms with Crippen molar-refractivity contribution in [1.29, 1.82) is 0 Å². The van der Waals surface area contributed by atoms with Gasteiger partial charge in [-0.2, -0.15) is 5.10 Å². The molecule has 1 aromatic rings. The molecular weight excluding hydrogens is 194 g/mol. The number of halogens is 1. The van der Waals surface area contributed by atoms with E-state index in [1.54, 1.807) is 7.05 Å². The SMILES string of the molecule is CNCCc1c(C(=O)O)n[nH]c1Cl. The van der Waals surface area contributed by atoms with Gasteiger partial charge in [0.1, 0.15) is 5.15 Å². The second-order valence-corrected chi connectivity index (χ2v) is 2.90.